The smallest absolute Gasteiger partial charge is 0.273 e. The van der Waals surface area contributed by atoms with Crippen molar-refractivity contribution in [2.45, 2.75) is 18.1 Å². The lowest BCUT2D eigenvalue weighted by Crippen LogP contribution is -2.12. The van der Waals surface area contributed by atoms with Gasteiger partial charge in [0.25, 0.3) is 10.0 Å². The summed E-state index contributed by atoms with van der Waals surface area (Å²) in [4.78, 5) is 3.91. The van der Waals surface area contributed by atoms with Crippen molar-refractivity contribution in [2.75, 3.05) is 4.72 Å². The van der Waals surface area contributed by atoms with Crippen LogP contribution < -0.4 is 4.72 Å². The van der Waals surface area contributed by atoms with Gasteiger partial charge in [0.2, 0.25) is 0 Å². The first kappa shape index (κ1) is 15.0. The summed E-state index contributed by atoms with van der Waals surface area (Å²) in [6, 6.07) is 5.38. The first-order valence-electron chi connectivity index (χ1n) is 5.21. The molecule has 1 heterocycles. The van der Waals surface area contributed by atoms with Crippen molar-refractivity contribution in [1.82, 2.24) is 4.98 Å². The quantitative estimate of drug-likeness (QED) is 0.756. The summed E-state index contributed by atoms with van der Waals surface area (Å²) in [7, 11) is -3.63. The maximum atomic E-state index is 12.2. The van der Waals surface area contributed by atoms with Crippen molar-refractivity contribution >= 4 is 61.2 Å². The van der Waals surface area contributed by atoms with E-state index in [-0.39, 0.29) is 8.68 Å². The van der Waals surface area contributed by atoms with E-state index in [0.717, 1.165) is 20.5 Å². The number of aromatic nitrogens is 1. The highest BCUT2D eigenvalue weighted by atomic mass is 127. The van der Waals surface area contributed by atoms with Crippen molar-refractivity contribution < 1.29 is 8.42 Å². The molecule has 0 aliphatic heterocycles. The number of sulfonamides is 1. The summed E-state index contributed by atoms with van der Waals surface area (Å²) >= 11 is 8.85. The SMILES string of the molecule is Cc1ccc(NS(=O)(=O)c2sc(Cl)nc2C)cc1I. The molecule has 19 heavy (non-hydrogen) atoms. The monoisotopic (exact) mass is 428 g/mol. The van der Waals surface area contributed by atoms with E-state index >= 15 is 0 Å². The molecule has 0 fully saturated rings. The van der Waals surface area contributed by atoms with Gasteiger partial charge in [-0.1, -0.05) is 29.0 Å². The number of hydrogen-bond acceptors (Lipinski definition) is 4. The van der Waals surface area contributed by atoms with Gasteiger partial charge in [-0.3, -0.25) is 4.72 Å². The van der Waals surface area contributed by atoms with Gasteiger partial charge >= 0.3 is 0 Å². The topological polar surface area (TPSA) is 59.1 Å². The minimum atomic E-state index is -3.63. The fraction of sp³-hybridized carbons (Fsp3) is 0.182. The zero-order valence-electron chi connectivity index (χ0n) is 10.1. The van der Waals surface area contributed by atoms with Crippen LogP contribution in [0.25, 0.3) is 0 Å². The molecule has 0 unspecified atom stereocenters. The van der Waals surface area contributed by atoms with Crippen LogP contribution in [0, 0.1) is 17.4 Å². The highest BCUT2D eigenvalue weighted by Gasteiger charge is 2.21. The van der Waals surface area contributed by atoms with Crippen LogP contribution in [-0.2, 0) is 10.0 Å². The second-order valence-corrected chi connectivity index (χ2v) is 8.53. The van der Waals surface area contributed by atoms with Gasteiger partial charge in [-0.25, -0.2) is 13.4 Å². The van der Waals surface area contributed by atoms with Gasteiger partial charge in [0.15, 0.2) is 8.68 Å². The van der Waals surface area contributed by atoms with E-state index in [1.54, 1.807) is 19.1 Å². The van der Waals surface area contributed by atoms with Crippen molar-refractivity contribution in [2.24, 2.45) is 0 Å². The third-order valence-electron chi connectivity index (χ3n) is 2.40. The molecule has 102 valence electrons. The van der Waals surface area contributed by atoms with E-state index in [4.69, 9.17) is 11.6 Å². The second-order valence-electron chi connectivity index (χ2n) is 3.91. The highest BCUT2D eigenvalue weighted by Crippen LogP contribution is 2.29. The van der Waals surface area contributed by atoms with Gasteiger partial charge in [-0.05, 0) is 54.1 Å². The van der Waals surface area contributed by atoms with Gasteiger partial charge < -0.3 is 0 Å². The number of aryl methyl sites for hydroxylation is 2. The maximum absolute atomic E-state index is 12.2. The van der Waals surface area contributed by atoms with Gasteiger partial charge in [0, 0.05) is 9.26 Å². The van der Waals surface area contributed by atoms with Crippen LogP contribution in [0.5, 0.6) is 0 Å². The summed E-state index contributed by atoms with van der Waals surface area (Å²) in [5, 5.41) is 0. The molecule has 1 aromatic heterocycles. The van der Waals surface area contributed by atoms with E-state index < -0.39 is 10.0 Å². The normalized spacial score (nSPS) is 11.6. The molecule has 0 amide bonds. The number of benzene rings is 1. The molecular weight excluding hydrogens is 419 g/mol. The Hall–Kier alpha value is -0.380. The molecule has 8 heteroatoms. The summed E-state index contributed by atoms with van der Waals surface area (Å²) in [6.07, 6.45) is 0. The molecule has 1 aromatic carbocycles. The predicted molar refractivity (Wildman–Crippen MR) is 86.6 cm³/mol. The molecule has 2 aromatic rings. The predicted octanol–water partition coefficient (Wildman–Crippen LogP) is 3.82. The van der Waals surface area contributed by atoms with Crippen LogP contribution in [0.1, 0.15) is 11.3 Å². The van der Waals surface area contributed by atoms with E-state index in [2.05, 4.69) is 32.3 Å². The Morgan fingerprint density at radius 3 is 2.58 bits per heavy atom. The molecule has 0 bridgehead atoms. The Kier molecular flexibility index (Phi) is 4.38. The third-order valence-corrected chi connectivity index (χ3v) is 6.81. The number of nitrogens with zero attached hydrogens (tertiary/aromatic N) is 1. The van der Waals surface area contributed by atoms with Gasteiger partial charge in [0.05, 0.1) is 5.69 Å². The maximum Gasteiger partial charge on any atom is 0.273 e. The molecule has 0 saturated carbocycles. The molecule has 0 saturated heterocycles. The van der Waals surface area contributed by atoms with Crippen molar-refractivity contribution in [3.8, 4) is 0 Å². The van der Waals surface area contributed by atoms with Crippen LogP contribution in [0.4, 0.5) is 5.69 Å². The van der Waals surface area contributed by atoms with Gasteiger partial charge in [-0.15, -0.1) is 0 Å². The fourth-order valence-electron chi connectivity index (χ4n) is 1.46. The summed E-state index contributed by atoms with van der Waals surface area (Å²) in [6.45, 7) is 3.59. The molecular formula is C11H10ClIN2O2S2. The second kappa shape index (κ2) is 5.55. The van der Waals surface area contributed by atoms with Crippen LogP contribution in [-0.4, -0.2) is 13.4 Å². The molecule has 4 nitrogen and oxygen atoms in total. The Labute approximate surface area is 134 Å². The number of thiazole rings is 1. The Balaban J connectivity index is 2.36. The van der Waals surface area contributed by atoms with Gasteiger partial charge in [0.1, 0.15) is 0 Å². The van der Waals surface area contributed by atoms with Crippen LogP contribution in [0.15, 0.2) is 22.4 Å². The minimum absolute atomic E-state index is 0.146. The van der Waals surface area contributed by atoms with Crippen molar-refractivity contribution in [3.05, 3.63) is 37.5 Å². The first-order chi connectivity index (χ1) is 8.79. The molecule has 1 N–H and O–H groups in total. The molecule has 0 aliphatic rings. The molecule has 0 atom stereocenters. The van der Waals surface area contributed by atoms with E-state index in [1.807, 2.05) is 13.0 Å². The summed E-state index contributed by atoms with van der Waals surface area (Å²) in [5.74, 6) is 0. The highest BCUT2D eigenvalue weighted by molar-refractivity contribution is 14.1. The standard InChI is InChI=1S/C11H10ClIN2O2S2/c1-6-3-4-8(5-9(6)13)15-19(16,17)10-7(2)14-11(12)18-10/h3-5,15H,1-2H3. The average molecular weight is 429 g/mol. The lowest BCUT2D eigenvalue weighted by atomic mass is 10.2. The molecule has 0 aliphatic carbocycles. The van der Waals surface area contributed by atoms with Crippen molar-refractivity contribution in [1.29, 1.82) is 0 Å². The number of halogens is 2. The van der Waals surface area contributed by atoms with Gasteiger partial charge in [-0.2, -0.15) is 0 Å². The third kappa shape index (κ3) is 3.39. The Morgan fingerprint density at radius 2 is 2.05 bits per heavy atom. The van der Waals surface area contributed by atoms with Crippen LogP contribution >= 0.6 is 45.5 Å². The first-order valence-corrected chi connectivity index (χ1v) is 8.97. The average Bonchev–Trinajstić information content (AvgIpc) is 2.63. The van der Waals surface area contributed by atoms with E-state index in [0.29, 0.717) is 11.4 Å². The molecule has 2 rings (SSSR count). The molecule has 0 radical (unpaired) electrons. The van der Waals surface area contributed by atoms with Crippen LogP contribution in [0.3, 0.4) is 0 Å². The van der Waals surface area contributed by atoms with Crippen molar-refractivity contribution in [3.63, 3.8) is 0 Å². The van der Waals surface area contributed by atoms with E-state index in [1.165, 1.54) is 0 Å². The van der Waals surface area contributed by atoms with E-state index in [9.17, 15) is 8.42 Å². The number of nitrogens with one attached hydrogen (secondary N) is 1. The largest absolute Gasteiger partial charge is 0.279 e. The Morgan fingerprint density at radius 1 is 1.37 bits per heavy atom. The van der Waals surface area contributed by atoms with Crippen LogP contribution in [0.2, 0.25) is 4.47 Å². The lowest BCUT2D eigenvalue weighted by Gasteiger charge is -2.08. The molecule has 0 spiro atoms. The minimum Gasteiger partial charge on any atom is -0.279 e. The zero-order valence-corrected chi connectivity index (χ0v) is 14.6. The Bertz CT molecular complexity index is 728. The number of anilines is 1. The fourth-order valence-corrected chi connectivity index (χ4v) is 4.76. The summed E-state index contributed by atoms with van der Waals surface area (Å²) < 4.78 is 28.4. The lowest BCUT2D eigenvalue weighted by molar-refractivity contribution is 0.602. The number of rotatable bonds is 3. The number of hydrogen-bond donors (Lipinski definition) is 1. The zero-order chi connectivity index (χ0) is 14.2. The summed E-state index contributed by atoms with van der Waals surface area (Å²) in [5.41, 5.74) is 2.03.